The van der Waals surface area contributed by atoms with Crippen LogP contribution in [0.1, 0.15) is 33.7 Å². The van der Waals surface area contributed by atoms with Crippen molar-refractivity contribution in [3.8, 4) is 0 Å². The Morgan fingerprint density at radius 2 is 1.71 bits per heavy atom. The van der Waals surface area contributed by atoms with Crippen LogP contribution in [0.25, 0.3) is 0 Å². The van der Waals surface area contributed by atoms with Crippen molar-refractivity contribution in [1.29, 1.82) is 0 Å². The number of benzene rings is 3. The van der Waals surface area contributed by atoms with Gasteiger partial charge in [-0.2, -0.15) is 0 Å². The monoisotopic (exact) mass is 472 g/mol. The molecule has 0 aliphatic carbocycles. The van der Waals surface area contributed by atoms with E-state index in [0.717, 1.165) is 11.1 Å². The molecule has 0 spiro atoms. The average Bonchev–Trinajstić information content (AvgIpc) is 3.21. The van der Waals surface area contributed by atoms with Crippen molar-refractivity contribution in [3.63, 3.8) is 0 Å². The fraction of sp³-hybridized carbons (Fsp3) is 0.154. The van der Waals surface area contributed by atoms with Crippen LogP contribution in [0.4, 0.5) is 5.69 Å². The van der Waals surface area contributed by atoms with Crippen LogP contribution in [0.3, 0.4) is 0 Å². The molecule has 4 rings (SSSR count). The van der Waals surface area contributed by atoms with E-state index in [9.17, 15) is 14.4 Å². The number of aromatic nitrogens is 3. The van der Waals surface area contributed by atoms with Gasteiger partial charge in [-0.05, 0) is 36.6 Å². The molecular weight excluding hydrogens is 448 g/mol. The molecule has 0 radical (unpaired) electrons. The van der Waals surface area contributed by atoms with Gasteiger partial charge in [-0.15, -0.1) is 5.10 Å². The molecule has 0 saturated heterocycles. The maximum absolute atomic E-state index is 13.4. The molecule has 1 unspecified atom stereocenters. The third-order valence-electron chi connectivity index (χ3n) is 5.29. The molecule has 4 aromatic rings. The second-order valence-electron chi connectivity index (χ2n) is 7.73. The number of carbonyl (C=O) groups is 2. The number of carbonyl (C=O) groups excluding carboxylic acids is 2. The summed E-state index contributed by atoms with van der Waals surface area (Å²) in [6, 6.07) is 26.0. The second kappa shape index (κ2) is 10.8. The van der Waals surface area contributed by atoms with Crippen molar-refractivity contribution in [3.05, 3.63) is 112 Å². The molecule has 2 N–H and O–H groups in total. The van der Waals surface area contributed by atoms with Crippen molar-refractivity contribution in [2.45, 2.75) is 30.3 Å². The molecule has 8 heteroatoms. The van der Waals surface area contributed by atoms with Gasteiger partial charge in [0.05, 0.1) is 0 Å². The highest BCUT2D eigenvalue weighted by molar-refractivity contribution is 8.00. The molecule has 7 nitrogen and oxygen atoms in total. The van der Waals surface area contributed by atoms with Crippen molar-refractivity contribution >= 4 is 29.1 Å². The molecule has 3 aromatic carbocycles. The number of nitrogens with one attached hydrogen (secondary N) is 2. The summed E-state index contributed by atoms with van der Waals surface area (Å²) in [6.07, 6.45) is 0.661. The van der Waals surface area contributed by atoms with E-state index in [1.54, 1.807) is 28.8 Å². The van der Waals surface area contributed by atoms with E-state index in [1.807, 2.05) is 60.7 Å². The Morgan fingerprint density at radius 1 is 1.00 bits per heavy atom. The number of thioether (sulfide) groups is 1. The Morgan fingerprint density at radius 3 is 2.41 bits per heavy atom. The van der Waals surface area contributed by atoms with E-state index in [4.69, 9.17) is 0 Å². The first-order chi connectivity index (χ1) is 16.5. The zero-order chi connectivity index (χ0) is 23.9. The van der Waals surface area contributed by atoms with Crippen LogP contribution in [0.2, 0.25) is 0 Å². The minimum Gasteiger partial charge on any atom is -0.325 e. The highest BCUT2D eigenvalue weighted by atomic mass is 32.2. The van der Waals surface area contributed by atoms with Gasteiger partial charge < -0.3 is 5.32 Å². The lowest BCUT2D eigenvalue weighted by Gasteiger charge is -2.17. The summed E-state index contributed by atoms with van der Waals surface area (Å²) in [4.78, 5) is 37.5. The zero-order valence-electron chi connectivity index (χ0n) is 18.6. The van der Waals surface area contributed by atoms with E-state index in [2.05, 4.69) is 15.5 Å². The quantitative estimate of drug-likeness (QED) is 0.276. The summed E-state index contributed by atoms with van der Waals surface area (Å²) in [5, 5.41) is 9.37. The molecule has 1 amide bonds. The third kappa shape index (κ3) is 5.71. The van der Waals surface area contributed by atoms with Crippen LogP contribution in [-0.2, 0) is 17.8 Å². The minimum absolute atomic E-state index is 0.0796. The molecule has 0 aliphatic heterocycles. The van der Waals surface area contributed by atoms with E-state index in [0.29, 0.717) is 29.4 Å². The van der Waals surface area contributed by atoms with Crippen molar-refractivity contribution in [2.24, 2.45) is 0 Å². The van der Waals surface area contributed by atoms with Gasteiger partial charge in [0, 0.05) is 17.8 Å². The normalized spacial score (nSPS) is 11.7. The molecule has 1 atom stereocenters. The molecular formula is C26H24N4O3S. The molecule has 0 aliphatic rings. The summed E-state index contributed by atoms with van der Waals surface area (Å²) < 4.78 is 1.55. The first-order valence-electron chi connectivity index (χ1n) is 10.8. The van der Waals surface area contributed by atoms with Gasteiger partial charge in [0.1, 0.15) is 5.25 Å². The molecule has 0 bridgehead atoms. The van der Waals surface area contributed by atoms with Crippen LogP contribution in [-0.4, -0.2) is 26.5 Å². The number of aromatic amines is 1. The first kappa shape index (κ1) is 23.3. The molecule has 1 aromatic heterocycles. The number of ketones is 1. The highest BCUT2D eigenvalue weighted by Gasteiger charge is 2.25. The number of rotatable bonds is 9. The number of aryl methyl sites for hydroxylation is 1. The smallest absolute Gasteiger partial charge is 0.325 e. The van der Waals surface area contributed by atoms with Crippen LogP contribution >= 0.6 is 11.8 Å². The lowest BCUT2D eigenvalue weighted by atomic mass is 10.1. The maximum atomic E-state index is 13.4. The molecule has 1 heterocycles. The molecule has 34 heavy (non-hydrogen) atoms. The number of nitrogens with zero attached hydrogens (tertiary/aromatic N) is 2. The van der Waals surface area contributed by atoms with Crippen molar-refractivity contribution < 1.29 is 9.59 Å². The summed E-state index contributed by atoms with van der Waals surface area (Å²) in [5.74, 6) is -0.356. The van der Waals surface area contributed by atoms with E-state index in [1.165, 1.54) is 18.7 Å². The van der Waals surface area contributed by atoms with Gasteiger partial charge in [-0.25, -0.2) is 9.89 Å². The topological polar surface area (TPSA) is 96.8 Å². The zero-order valence-corrected chi connectivity index (χ0v) is 19.4. The number of anilines is 1. The number of H-pyrrole nitrogens is 1. The van der Waals surface area contributed by atoms with Gasteiger partial charge in [0.25, 0.3) is 0 Å². The molecule has 172 valence electrons. The van der Waals surface area contributed by atoms with E-state index >= 15 is 0 Å². The third-order valence-corrected chi connectivity index (χ3v) is 6.53. The number of hydrogen-bond donors (Lipinski definition) is 2. The van der Waals surface area contributed by atoms with Gasteiger partial charge in [0.15, 0.2) is 10.9 Å². The predicted molar refractivity (Wildman–Crippen MR) is 133 cm³/mol. The molecule has 0 fully saturated rings. The Hall–Kier alpha value is -3.91. The Kier molecular flexibility index (Phi) is 7.39. The standard InChI is InChI=1S/C26H24N4O3S/c1-18(31)21-13-8-14-22(17-21)27-24(32)23(20-11-6-3-7-12-20)34-26-29-28-25(33)30(26)16-15-19-9-4-2-5-10-19/h2-14,17,23H,15-16H2,1H3,(H,27,32)(H,28,33). The maximum Gasteiger partial charge on any atom is 0.343 e. The summed E-state index contributed by atoms with van der Waals surface area (Å²) >= 11 is 1.20. The van der Waals surface area contributed by atoms with Gasteiger partial charge >= 0.3 is 5.69 Å². The van der Waals surface area contributed by atoms with Crippen molar-refractivity contribution in [2.75, 3.05) is 5.32 Å². The fourth-order valence-corrected chi connectivity index (χ4v) is 4.58. The van der Waals surface area contributed by atoms with E-state index < -0.39 is 5.25 Å². The highest BCUT2D eigenvalue weighted by Crippen LogP contribution is 2.35. The van der Waals surface area contributed by atoms with Crippen LogP contribution in [0.5, 0.6) is 0 Å². The van der Waals surface area contributed by atoms with Crippen molar-refractivity contribution in [1.82, 2.24) is 14.8 Å². The summed E-state index contributed by atoms with van der Waals surface area (Å²) in [5.41, 5.74) is 2.61. The molecule has 0 saturated carbocycles. The first-order valence-corrected chi connectivity index (χ1v) is 11.7. The average molecular weight is 473 g/mol. The largest absolute Gasteiger partial charge is 0.343 e. The van der Waals surface area contributed by atoms with Crippen LogP contribution in [0, 0.1) is 0 Å². The minimum atomic E-state index is -0.659. The Balaban J connectivity index is 1.58. The van der Waals surface area contributed by atoms with Gasteiger partial charge in [-0.3, -0.25) is 14.2 Å². The number of amides is 1. The van der Waals surface area contributed by atoms with Crippen LogP contribution < -0.4 is 11.0 Å². The van der Waals surface area contributed by atoms with Gasteiger partial charge in [0.2, 0.25) is 5.91 Å². The predicted octanol–water partition coefficient (Wildman–Crippen LogP) is 4.49. The van der Waals surface area contributed by atoms with Gasteiger partial charge in [-0.1, -0.05) is 84.6 Å². The Labute approximate surface area is 201 Å². The number of hydrogen-bond acceptors (Lipinski definition) is 5. The Bertz CT molecular complexity index is 1330. The SMILES string of the molecule is CC(=O)c1cccc(NC(=O)C(Sc2n[nH]c(=O)n2CCc2ccccc2)c2ccccc2)c1. The lowest BCUT2D eigenvalue weighted by molar-refractivity contribution is -0.115. The van der Waals surface area contributed by atoms with Crippen LogP contribution in [0.15, 0.2) is 94.9 Å². The summed E-state index contributed by atoms with van der Waals surface area (Å²) in [6.45, 7) is 1.92. The summed E-state index contributed by atoms with van der Waals surface area (Å²) in [7, 11) is 0. The number of Topliss-reactive ketones (excluding diaryl/α,β-unsaturated/α-hetero) is 1. The van der Waals surface area contributed by atoms with E-state index in [-0.39, 0.29) is 17.4 Å². The fourth-order valence-electron chi connectivity index (χ4n) is 3.51. The lowest BCUT2D eigenvalue weighted by Crippen LogP contribution is -2.22. The second-order valence-corrected chi connectivity index (χ2v) is 8.81.